The van der Waals surface area contributed by atoms with E-state index < -0.39 is 0 Å². The number of nitrogens with zero attached hydrogens (tertiary/aromatic N) is 1. The Balaban J connectivity index is 2.32. The van der Waals surface area contributed by atoms with Gasteiger partial charge in [-0.05, 0) is 12.2 Å². The van der Waals surface area contributed by atoms with E-state index >= 15 is 0 Å². The van der Waals surface area contributed by atoms with Crippen LogP contribution >= 0.6 is 0 Å². The third kappa shape index (κ3) is 0.795. The molecule has 0 aromatic heterocycles. The molecule has 3 nitrogen and oxygen atoms in total. The van der Waals surface area contributed by atoms with E-state index in [1.807, 2.05) is 12.2 Å². The summed E-state index contributed by atoms with van der Waals surface area (Å²) in [4.78, 5) is 4.07. The molecule has 0 radical (unpaired) electrons. The summed E-state index contributed by atoms with van der Waals surface area (Å²) < 4.78 is 5.21. The Bertz CT molecular complexity index is 204. The fourth-order valence-corrected chi connectivity index (χ4v) is 0.968. The summed E-state index contributed by atoms with van der Waals surface area (Å²) in [6, 6.07) is 0. The standard InChI is InChI=1S/C7H8N2O/c1-2-6-7(10-5-1)9-4-3-8-6/h1-2,4,8H,3,5H2. The topological polar surface area (TPSA) is 33.6 Å². The van der Waals surface area contributed by atoms with Gasteiger partial charge in [0.15, 0.2) is 0 Å². The molecule has 2 aliphatic heterocycles. The lowest BCUT2D eigenvalue weighted by Gasteiger charge is -2.17. The van der Waals surface area contributed by atoms with Crippen molar-refractivity contribution in [3.63, 3.8) is 0 Å². The molecule has 0 aromatic carbocycles. The first-order chi connectivity index (χ1) is 4.97. The van der Waals surface area contributed by atoms with E-state index in [4.69, 9.17) is 4.74 Å². The molecule has 0 fully saturated rings. The van der Waals surface area contributed by atoms with E-state index in [0.29, 0.717) is 12.5 Å². The van der Waals surface area contributed by atoms with Crippen molar-refractivity contribution in [1.29, 1.82) is 0 Å². The maximum atomic E-state index is 5.21. The molecule has 0 unspecified atom stereocenters. The van der Waals surface area contributed by atoms with Crippen molar-refractivity contribution in [3.05, 3.63) is 23.7 Å². The van der Waals surface area contributed by atoms with Crippen LogP contribution in [0.4, 0.5) is 0 Å². The molecule has 0 saturated carbocycles. The van der Waals surface area contributed by atoms with Crippen LogP contribution in [0, 0.1) is 0 Å². The van der Waals surface area contributed by atoms with Gasteiger partial charge in [-0.1, -0.05) is 0 Å². The fourth-order valence-electron chi connectivity index (χ4n) is 0.968. The second kappa shape index (κ2) is 2.17. The highest BCUT2D eigenvalue weighted by Gasteiger charge is 2.09. The first kappa shape index (κ1) is 5.53. The average Bonchev–Trinajstić information content (AvgIpc) is 2.05. The van der Waals surface area contributed by atoms with E-state index in [1.165, 1.54) is 0 Å². The number of allylic oxidation sites excluding steroid dienone is 1. The van der Waals surface area contributed by atoms with Crippen molar-refractivity contribution in [2.45, 2.75) is 0 Å². The van der Waals surface area contributed by atoms with Crippen LogP contribution in [0.3, 0.4) is 0 Å². The Kier molecular flexibility index (Phi) is 1.20. The Hall–Kier alpha value is -1.25. The number of hydrogen-bond donors (Lipinski definition) is 1. The highest BCUT2D eigenvalue weighted by atomic mass is 16.5. The van der Waals surface area contributed by atoms with Crippen LogP contribution in [-0.4, -0.2) is 19.4 Å². The van der Waals surface area contributed by atoms with E-state index in [9.17, 15) is 0 Å². The smallest absolute Gasteiger partial charge is 0.237 e. The number of ether oxygens (including phenoxy) is 1. The van der Waals surface area contributed by atoms with E-state index in [2.05, 4.69) is 10.3 Å². The van der Waals surface area contributed by atoms with Crippen LogP contribution < -0.4 is 5.32 Å². The molecule has 0 atom stereocenters. The van der Waals surface area contributed by atoms with Crippen molar-refractivity contribution < 1.29 is 4.74 Å². The predicted molar refractivity (Wildman–Crippen MR) is 38.6 cm³/mol. The minimum atomic E-state index is 0.637. The number of nitrogens with one attached hydrogen (secondary N) is 1. The second-order valence-corrected chi connectivity index (χ2v) is 2.12. The van der Waals surface area contributed by atoms with Gasteiger partial charge >= 0.3 is 0 Å². The minimum absolute atomic E-state index is 0.637. The minimum Gasteiger partial charge on any atom is -0.472 e. The Morgan fingerprint density at radius 1 is 1.60 bits per heavy atom. The molecular weight excluding hydrogens is 128 g/mol. The van der Waals surface area contributed by atoms with Crippen LogP contribution in [-0.2, 0) is 4.74 Å². The number of aliphatic imine (C=N–C) groups is 1. The summed E-state index contributed by atoms with van der Waals surface area (Å²) in [7, 11) is 0. The van der Waals surface area contributed by atoms with Crippen molar-refractivity contribution in [3.8, 4) is 0 Å². The fraction of sp³-hybridized carbons (Fsp3) is 0.286. The van der Waals surface area contributed by atoms with E-state index in [1.54, 1.807) is 6.21 Å². The van der Waals surface area contributed by atoms with Gasteiger partial charge in [0.2, 0.25) is 5.88 Å². The van der Waals surface area contributed by atoms with Gasteiger partial charge < -0.3 is 10.1 Å². The Morgan fingerprint density at radius 2 is 2.60 bits per heavy atom. The van der Waals surface area contributed by atoms with Crippen LogP contribution in [0.5, 0.6) is 0 Å². The monoisotopic (exact) mass is 136 g/mol. The van der Waals surface area contributed by atoms with Crippen LogP contribution in [0.2, 0.25) is 0 Å². The zero-order chi connectivity index (χ0) is 6.81. The third-order valence-corrected chi connectivity index (χ3v) is 1.42. The SMILES string of the molecule is C1=CC2=C(N=CCN2)OC1. The molecule has 3 heteroatoms. The molecule has 0 saturated heterocycles. The van der Waals surface area contributed by atoms with Crippen LogP contribution in [0.25, 0.3) is 0 Å². The van der Waals surface area contributed by atoms with Gasteiger partial charge in [-0.2, -0.15) is 0 Å². The molecule has 2 rings (SSSR count). The lowest BCUT2D eigenvalue weighted by Crippen LogP contribution is -2.22. The average molecular weight is 136 g/mol. The summed E-state index contributed by atoms with van der Waals surface area (Å²) in [5.74, 6) is 0.716. The largest absolute Gasteiger partial charge is 0.472 e. The molecular formula is C7H8N2O. The predicted octanol–water partition coefficient (Wildman–Crippen LogP) is 0.416. The van der Waals surface area contributed by atoms with Gasteiger partial charge in [0, 0.05) is 6.21 Å². The number of rotatable bonds is 0. The Labute approximate surface area is 59.1 Å². The number of hydrogen-bond acceptors (Lipinski definition) is 3. The van der Waals surface area contributed by atoms with Gasteiger partial charge in [-0.25, -0.2) is 4.99 Å². The highest BCUT2D eigenvalue weighted by Crippen LogP contribution is 2.12. The summed E-state index contributed by atoms with van der Waals surface area (Å²) in [5, 5.41) is 3.14. The van der Waals surface area contributed by atoms with Gasteiger partial charge in [0.25, 0.3) is 0 Å². The summed E-state index contributed by atoms with van der Waals surface area (Å²) in [6.07, 6.45) is 5.76. The zero-order valence-electron chi connectivity index (χ0n) is 5.50. The van der Waals surface area contributed by atoms with Gasteiger partial charge in [-0.15, -0.1) is 0 Å². The quantitative estimate of drug-likeness (QED) is 0.523. The lowest BCUT2D eigenvalue weighted by atomic mass is 10.3. The molecule has 0 aliphatic carbocycles. The molecule has 2 aliphatic rings. The van der Waals surface area contributed by atoms with Crippen molar-refractivity contribution in [2.75, 3.05) is 13.2 Å². The van der Waals surface area contributed by atoms with Crippen molar-refractivity contribution in [2.24, 2.45) is 4.99 Å². The Morgan fingerprint density at radius 3 is 3.50 bits per heavy atom. The normalized spacial score (nSPS) is 21.6. The summed E-state index contributed by atoms with van der Waals surface area (Å²) in [5.41, 5.74) is 0.994. The molecule has 0 bridgehead atoms. The van der Waals surface area contributed by atoms with Gasteiger partial charge in [0.05, 0.1) is 12.2 Å². The first-order valence-corrected chi connectivity index (χ1v) is 3.27. The molecule has 52 valence electrons. The van der Waals surface area contributed by atoms with Crippen LogP contribution in [0.15, 0.2) is 28.7 Å². The molecule has 0 aromatic rings. The first-order valence-electron chi connectivity index (χ1n) is 3.27. The lowest BCUT2D eigenvalue weighted by molar-refractivity contribution is 0.234. The highest BCUT2D eigenvalue weighted by molar-refractivity contribution is 5.63. The maximum absolute atomic E-state index is 5.21. The van der Waals surface area contributed by atoms with Crippen molar-refractivity contribution >= 4 is 6.21 Å². The van der Waals surface area contributed by atoms with Crippen LogP contribution in [0.1, 0.15) is 0 Å². The third-order valence-electron chi connectivity index (χ3n) is 1.42. The summed E-state index contributed by atoms with van der Waals surface area (Å²) in [6.45, 7) is 1.43. The van der Waals surface area contributed by atoms with Gasteiger partial charge in [-0.3, -0.25) is 0 Å². The van der Waals surface area contributed by atoms with E-state index in [-0.39, 0.29) is 0 Å². The van der Waals surface area contributed by atoms with Gasteiger partial charge in [0.1, 0.15) is 6.61 Å². The molecule has 2 heterocycles. The molecule has 0 amide bonds. The summed E-state index contributed by atoms with van der Waals surface area (Å²) >= 11 is 0. The maximum Gasteiger partial charge on any atom is 0.237 e. The zero-order valence-corrected chi connectivity index (χ0v) is 5.50. The molecule has 0 spiro atoms. The molecule has 1 N–H and O–H groups in total. The van der Waals surface area contributed by atoms with Crippen molar-refractivity contribution in [1.82, 2.24) is 5.32 Å². The van der Waals surface area contributed by atoms with E-state index in [0.717, 1.165) is 12.2 Å². The molecule has 10 heavy (non-hydrogen) atoms. The second-order valence-electron chi connectivity index (χ2n) is 2.12.